The highest BCUT2D eigenvalue weighted by molar-refractivity contribution is 5.96. The molecule has 0 saturated carbocycles. The van der Waals surface area contributed by atoms with Crippen molar-refractivity contribution in [1.29, 1.82) is 0 Å². The lowest BCUT2D eigenvalue weighted by Crippen LogP contribution is -2.27. The molecular weight excluding hydrogens is 414 g/mol. The summed E-state index contributed by atoms with van der Waals surface area (Å²) in [5.74, 6) is 1.33. The predicted octanol–water partition coefficient (Wildman–Crippen LogP) is 4.13. The van der Waals surface area contributed by atoms with E-state index >= 15 is 0 Å². The van der Waals surface area contributed by atoms with Crippen LogP contribution in [0.2, 0.25) is 0 Å². The van der Waals surface area contributed by atoms with E-state index in [2.05, 4.69) is 43.3 Å². The van der Waals surface area contributed by atoms with Crippen LogP contribution in [0.3, 0.4) is 0 Å². The number of tetrazole rings is 1. The third-order valence-corrected chi connectivity index (χ3v) is 5.55. The number of nitrogens with zero attached hydrogens (tertiary/aromatic N) is 5. The van der Waals surface area contributed by atoms with Crippen molar-refractivity contribution in [2.75, 3.05) is 12.4 Å². The summed E-state index contributed by atoms with van der Waals surface area (Å²) in [5, 5.41) is 18.1. The first-order valence-corrected chi connectivity index (χ1v) is 10.9. The van der Waals surface area contributed by atoms with Crippen molar-refractivity contribution in [2.45, 2.75) is 33.2 Å². The number of nitrogens with one attached hydrogen (secondary N) is 2. The molecule has 0 aliphatic carbocycles. The molecule has 4 rings (SSSR count). The summed E-state index contributed by atoms with van der Waals surface area (Å²) < 4.78 is 1.68. The fourth-order valence-electron chi connectivity index (χ4n) is 3.58. The van der Waals surface area contributed by atoms with Crippen molar-refractivity contribution in [1.82, 2.24) is 30.5 Å². The Bertz CT molecular complexity index is 1250. The molecule has 0 saturated heterocycles. The Kier molecular flexibility index (Phi) is 6.44. The van der Waals surface area contributed by atoms with Gasteiger partial charge in [0.1, 0.15) is 5.82 Å². The predicted molar refractivity (Wildman–Crippen MR) is 128 cm³/mol. The Hall–Kier alpha value is -4.07. The third kappa shape index (κ3) is 4.90. The van der Waals surface area contributed by atoms with Crippen LogP contribution in [-0.4, -0.2) is 38.1 Å². The van der Waals surface area contributed by atoms with Gasteiger partial charge < -0.3 is 10.6 Å². The van der Waals surface area contributed by atoms with Crippen LogP contribution < -0.4 is 10.6 Å². The van der Waals surface area contributed by atoms with Gasteiger partial charge in [-0.3, -0.25) is 4.79 Å². The number of hydrogen-bond donors (Lipinski definition) is 2. The summed E-state index contributed by atoms with van der Waals surface area (Å²) in [7, 11) is 1.82. The van der Waals surface area contributed by atoms with E-state index in [4.69, 9.17) is 0 Å². The minimum Gasteiger partial charge on any atom is -0.373 e. The molecule has 33 heavy (non-hydrogen) atoms. The molecule has 2 N–H and O–H groups in total. The second-order valence-corrected chi connectivity index (χ2v) is 7.92. The number of rotatable bonds is 7. The van der Waals surface area contributed by atoms with Gasteiger partial charge in [0, 0.05) is 25.2 Å². The van der Waals surface area contributed by atoms with Crippen LogP contribution in [-0.2, 0) is 6.42 Å². The van der Waals surface area contributed by atoms with E-state index in [1.54, 1.807) is 10.9 Å². The van der Waals surface area contributed by atoms with Gasteiger partial charge in [0.15, 0.2) is 5.82 Å². The molecule has 168 valence electrons. The summed E-state index contributed by atoms with van der Waals surface area (Å²) >= 11 is 0. The number of pyridine rings is 1. The van der Waals surface area contributed by atoms with Crippen LogP contribution in [0.5, 0.6) is 0 Å². The molecule has 0 spiro atoms. The van der Waals surface area contributed by atoms with Gasteiger partial charge in [-0.25, -0.2) is 4.98 Å². The fourth-order valence-corrected chi connectivity index (χ4v) is 3.58. The summed E-state index contributed by atoms with van der Waals surface area (Å²) in [6.45, 7) is 5.98. The van der Waals surface area contributed by atoms with E-state index in [1.807, 2.05) is 70.3 Å². The molecule has 2 aromatic heterocycles. The van der Waals surface area contributed by atoms with Gasteiger partial charge in [-0.1, -0.05) is 42.8 Å². The number of benzene rings is 2. The largest absolute Gasteiger partial charge is 0.373 e. The Morgan fingerprint density at radius 2 is 1.85 bits per heavy atom. The lowest BCUT2D eigenvalue weighted by atomic mass is 10.00. The molecular formula is C25H27N7O. The lowest BCUT2D eigenvalue weighted by Gasteiger charge is -2.16. The topological polar surface area (TPSA) is 97.6 Å². The maximum absolute atomic E-state index is 13.3. The summed E-state index contributed by atoms with van der Waals surface area (Å²) in [5.41, 5.74) is 5.31. The average Bonchev–Trinajstić information content (AvgIpc) is 3.33. The van der Waals surface area contributed by atoms with E-state index in [-0.39, 0.29) is 11.9 Å². The van der Waals surface area contributed by atoms with Crippen molar-refractivity contribution in [3.63, 3.8) is 0 Å². The average molecular weight is 442 g/mol. The second kappa shape index (κ2) is 9.60. The molecule has 1 unspecified atom stereocenters. The molecule has 2 heterocycles. The van der Waals surface area contributed by atoms with Gasteiger partial charge in [-0.2, -0.15) is 4.68 Å². The van der Waals surface area contributed by atoms with Crippen LogP contribution in [0.1, 0.15) is 47.2 Å². The first-order valence-electron chi connectivity index (χ1n) is 10.9. The molecule has 0 aliphatic heterocycles. The summed E-state index contributed by atoms with van der Waals surface area (Å²) in [4.78, 5) is 17.6. The smallest absolute Gasteiger partial charge is 0.251 e. The van der Waals surface area contributed by atoms with E-state index in [0.29, 0.717) is 12.0 Å². The zero-order chi connectivity index (χ0) is 23.4. The van der Waals surface area contributed by atoms with Crippen molar-refractivity contribution < 1.29 is 4.79 Å². The zero-order valence-corrected chi connectivity index (χ0v) is 19.2. The number of amides is 1. The highest BCUT2D eigenvalue weighted by Gasteiger charge is 2.16. The number of hydrogen-bond acceptors (Lipinski definition) is 6. The van der Waals surface area contributed by atoms with Crippen molar-refractivity contribution >= 4 is 11.7 Å². The minimum atomic E-state index is -0.207. The minimum absolute atomic E-state index is 0.179. The quantitative estimate of drug-likeness (QED) is 0.448. The summed E-state index contributed by atoms with van der Waals surface area (Å²) in [6.07, 6.45) is 2.44. The van der Waals surface area contributed by atoms with Crippen molar-refractivity contribution in [3.8, 4) is 16.8 Å². The number of anilines is 1. The number of aryl methyl sites for hydroxylation is 2. The van der Waals surface area contributed by atoms with Gasteiger partial charge in [-0.05, 0) is 65.2 Å². The van der Waals surface area contributed by atoms with Gasteiger partial charge in [0.25, 0.3) is 5.91 Å². The Morgan fingerprint density at radius 3 is 2.52 bits per heavy atom. The highest BCUT2D eigenvalue weighted by atomic mass is 16.1. The molecule has 1 atom stereocenters. The van der Waals surface area contributed by atoms with E-state index < -0.39 is 0 Å². The first-order chi connectivity index (χ1) is 16.0. The second-order valence-electron chi connectivity index (χ2n) is 7.92. The van der Waals surface area contributed by atoms with Crippen molar-refractivity contribution in [2.24, 2.45) is 0 Å². The van der Waals surface area contributed by atoms with Crippen LogP contribution in [0.15, 0.2) is 60.8 Å². The highest BCUT2D eigenvalue weighted by Crippen LogP contribution is 2.26. The third-order valence-electron chi connectivity index (χ3n) is 5.55. The molecule has 0 fully saturated rings. The van der Waals surface area contributed by atoms with Gasteiger partial charge in [-0.15, -0.1) is 5.10 Å². The Balaban J connectivity index is 1.69. The standard InChI is InChI=1S/C25H27N7O/c1-5-24-29-30-31-32(24)22-13-20(18-8-6-16(2)7-9-18)12-21(14-22)25(33)28-17(3)19-10-11-23(26-4)27-15-19/h6-15,17H,5H2,1-4H3,(H,26,27)(H,28,33). The van der Waals surface area contributed by atoms with Crippen LogP contribution in [0, 0.1) is 6.92 Å². The monoisotopic (exact) mass is 441 g/mol. The molecule has 2 aromatic carbocycles. The SMILES string of the molecule is CCc1nnnn1-c1cc(C(=O)NC(C)c2ccc(NC)nc2)cc(-c2ccc(C)cc2)c1. The molecule has 4 aromatic rings. The van der Waals surface area contributed by atoms with E-state index in [9.17, 15) is 4.79 Å². The van der Waals surface area contributed by atoms with Gasteiger partial charge in [0.05, 0.1) is 11.7 Å². The normalized spacial score (nSPS) is 11.8. The maximum atomic E-state index is 13.3. The Labute approximate surface area is 193 Å². The van der Waals surface area contributed by atoms with Crippen LogP contribution >= 0.6 is 0 Å². The number of aromatic nitrogens is 5. The van der Waals surface area contributed by atoms with E-state index in [0.717, 1.165) is 34.0 Å². The molecule has 1 amide bonds. The molecule has 0 bridgehead atoms. The fraction of sp³-hybridized carbons (Fsp3) is 0.240. The van der Waals surface area contributed by atoms with Crippen LogP contribution in [0.25, 0.3) is 16.8 Å². The number of carbonyl (C=O) groups excluding carboxylic acids is 1. The zero-order valence-electron chi connectivity index (χ0n) is 19.2. The molecule has 8 heteroatoms. The molecule has 8 nitrogen and oxygen atoms in total. The number of carbonyl (C=O) groups is 1. The van der Waals surface area contributed by atoms with Gasteiger partial charge in [0.2, 0.25) is 0 Å². The Morgan fingerprint density at radius 1 is 1.06 bits per heavy atom. The van der Waals surface area contributed by atoms with E-state index in [1.165, 1.54) is 5.56 Å². The lowest BCUT2D eigenvalue weighted by molar-refractivity contribution is 0.0940. The van der Waals surface area contributed by atoms with Gasteiger partial charge >= 0.3 is 0 Å². The molecule has 0 radical (unpaired) electrons. The first kappa shape index (κ1) is 22.1. The molecule has 0 aliphatic rings. The van der Waals surface area contributed by atoms with Crippen molar-refractivity contribution in [3.05, 3.63) is 83.3 Å². The van der Waals surface area contributed by atoms with Crippen LogP contribution in [0.4, 0.5) is 5.82 Å². The maximum Gasteiger partial charge on any atom is 0.251 e. The summed E-state index contributed by atoms with van der Waals surface area (Å²) in [6, 6.07) is 17.6.